The summed E-state index contributed by atoms with van der Waals surface area (Å²) in [4.78, 5) is 10.2. The van der Waals surface area contributed by atoms with Crippen molar-refractivity contribution in [3.8, 4) is 0 Å². The Labute approximate surface area is 71.9 Å². The summed E-state index contributed by atoms with van der Waals surface area (Å²) in [5, 5.41) is 0. The van der Waals surface area contributed by atoms with Crippen LogP contribution in [0.2, 0.25) is 0 Å². The van der Waals surface area contributed by atoms with Crippen molar-refractivity contribution in [3.05, 3.63) is 0 Å². The van der Waals surface area contributed by atoms with Crippen molar-refractivity contribution in [1.82, 2.24) is 0 Å². The average molecular weight is 195 g/mol. The number of carbonyl (C=O) groups is 1. The molecule has 0 aliphatic rings. The van der Waals surface area contributed by atoms with E-state index in [1.807, 2.05) is 0 Å². The zero-order valence-corrected chi connectivity index (χ0v) is 8.33. The molecular weight excluding hydrogens is 182 g/mol. The molecule has 0 atom stereocenters. The van der Waals surface area contributed by atoms with Crippen molar-refractivity contribution in [3.63, 3.8) is 0 Å². The van der Waals surface area contributed by atoms with Crippen molar-refractivity contribution >= 4 is 14.9 Å². The van der Waals surface area contributed by atoms with E-state index in [1.54, 1.807) is 0 Å². The Hall–Kier alpha value is -0.633. The van der Waals surface area contributed by atoms with Gasteiger partial charge in [0, 0.05) is 21.3 Å². The zero-order chi connectivity index (χ0) is 9.61. The lowest BCUT2D eigenvalue weighted by Crippen LogP contribution is -2.49. The zero-order valence-electron chi connectivity index (χ0n) is 7.33. The number of nitrogens with two attached hydrogens (primary N) is 1. The summed E-state index contributed by atoms with van der Waals surface area (Å²) < 4.78 is 19.4. The number of ether oxygens (including phenoxy) is 1. The SMILES string of the molecule is CO[Si](COC(N)=O)(OC)OC. The lowest BCUT2D eigenvalue weighted by atomic mass is 11.2. The first-order chi connectivity index (χ1) is 5.60. The van der Waals surface area contributed by atoms with E-state index in [0.717, 1.165) is 0 Å². The number of amides is 1. The fourth-order valence-electron chi connectivity index (χ4n) is 0.586. The van der Waals surface area contributed by atoms with E-state index in [2.05, 4.69) is 4.74 Å². The van der Waals surface area contributed by atoms with Gasteiger partial charge in [0.05, 0.1) is 0 Å². The van der Waals surface area contributed by atoms with Crippen LogP contribution in [-0.4, -0.2) is 42.5 Å². The summed E-state index contributed by atoms with van der Waals surface area (Å²) in [6.45, 7) is 0. The first kappa shape index (κ1) is 11.4. The van der Waals surface area contributed by atoms with Gasteiger partial charge in [0.1, 0.15) is 0 Å². The summed E-state index contributed by atoms with van der Waals surface area (Å²) in [7, 11) is 1.46. The summed E-state index contributed by atoms with van der Waals surface area (Å²) in [6.07, 6.45) is -0.954. The third-order valence-electron chi connectivity index (χ3n) is 1.32. The lowest BCUT2D eigenvalue weighted by Gasteiger charge is -2.22. The second kappa shape index (κ2) is 5.09. The predicted octanol–water partition coefficient (Wildman–Crippen LogP) is -0.501. The van der Waals surface area contributed by atoms with Gasteiger partial charge in [0.2, 0.25) is 0 Å². The number of hydrogen-bond donors (Lipinski definition) is 1. The molecule has 0 aliphatic carbocycles. The molecular formula is C5H13NO5Si. The van der Waals surface area contributed by atoms with Gasteiger partial charge >= 0.3 is 14.9 Å². The maximum absolute atomic E-state index is 10.2. The maximum Gasteiger partial charge on any atom is 0.540 e. The Morgan fingerprint density at radius 3 is 1.92 bits per heavy atom. The predicted molar refractivity (Wildman–Crippen MR) is 42.3 cm³/mol. The minimum atomic E-state index is -2.80. The van der Waals surface area contributed by atoms with Gasteiger partial charge in [-0.15, -0.1) is 0 Å². The van der Waals surface area contributed by atoms with Gasteiger partial charge in [-0.3, -0.25) is 0 Å². The fourth-order valence-corrected chi connectivity index (χ4v) is 1.76. The molecule has 0 fully saturated rings. The topological polar surface area (TPSA) is 80.0 Å². The van der Waals surface area contributed by atoms with E-state index < -0.39 is 14.9 Å². The maximum atomic E-state index is 10.2. The molecule has 0 saturated carbocycles. The van der Waals surface area contributed by atoms with E-state index >= 15 is 0 Å². The molecule has 0 aromatic heterocycles. The molecule has 0 saturated heterocycles. The van der Waals surface area contributed by atoms with E-state index in [4.69, 9.17) is 19.0 Å². The Morgan fingerprint density at radius 2 is 1.67 bits per heavy atom. The van der Waals surface area contributed by atoms with Gasteiger partial charge < -0.3 is 23.7 Å². The van der Waals surface area contributed by atoms with Crippen molar-refractivity contribution in [1.29, 1.82) is 0 Å². The van der Waals surface area contributed by atoms with Crippen molar-refractivity contribution in [2.75, 3.05) is 27.6 Å². The molecule has 72 valence electrons. The molecule has 2 N–H and O–H groups in total. The molecule has 0 rings (SSSR count). The highest BCUT2D eigenvalue weighted by Gasteiger charge is 2.39. The Balaban J connectivity index is 4.01. The number of primary amides is 1. The van der Waals surface area contributed by atoms with Gasteiger partial charge in [-0.25, -0.2) is 4.79 Å². The van der Waals surface area contributed by atoms with Crippen LogP contribution in [0.25, 0.3) is 0 Å². The Kier molecular flexibility index (Phi) is 4.82. The minimum Gasteiger partial charge on any atom is -0.445 e. The number of carbonyl (C=O) groups excluding carboxylic acids is 1. The van der Waals surface area contributed by atoms with Crippen LogP contribution in [-0.2, 0) is 18.0 Å². The van der Waals surface area contributed by atoms with Gasteiger partial charge in [-0.05, 0) is 0 Å². The largest absolute Gasteiger partial charge is 0.540 e. The average Bonchev–Trinajstić information content (AvgIpc) is 2.08. The van der Waals surface area contributed by atoms with E-state index in [1.165, 1.54) is 21.3 Å². The van der Waals surface area contributed by atoms with Crippen LogP contribution < -0.4 is 5.73 Å². The quantitative estimate of drug-likeness (QED) is 0.598. The monoisotopic (exact) mass is 195 g/mol. The smallest absolute Gasteiger partial charge is 0.445 e. The molecule has 0 spiro atoms. The third-order valence-corrected chi connectivity index (χ3v) is 3.69. The summed E-state index contributed by atoms with van der Waals surface area (Å²) >= 11 is 0. The fraction of sp³-hybridized carbons (Fsp3) is 0.800. The van der Waals surface area contributed by atoms with Crippen LogP contribution in [0.4, 0.5) is 4.79 Å². The van der Waals surface area contributed by atoms with Crippen LogP contribution in [0.15, 0.2) is 0 Å². The second-order valence-electron chi connectivity index (χ2n) is 1.90. The van der Waals surface area contributed by atoms with Crippen LogP contribution in [0.1, 0.15) is 0 Å². The third kappa shape index (κ3) is 3.18. The first-order valence-electron chi connectivity index (χ1n) is 3.18. The summed E-state index contributed by atoms with van der Waals surface area (Å²) in [5.74, 6) is 0. The Morgan fingerprint density at radius 1 is 1.25 bits per heavy atom. The molecule has 0 aliphatic heterocycles. The normalized spacial score (nSPS) is 11.2. The van der Waals surface area contributed by atoms with Gasteiger partial charge in [0.25, 0.3) is 0 Å². The van der Waals surface area contributed by atoms with Crippen molar-refractivity contribution in [2.45, 2.75) is 0 Å². The number of rotatable bonds is 5. The van der Waals surface area contributed by atoms with Crippen molar-refractivity contribution in [2.24, 2.45) is 5.73 Å². The Bertz CT molecular complexity index is 141. The van der Waals surface area contributed by atoms with E-state index in [0.29, 0.717) is 0 Å². The van der Waals surface area contributed by atoms with E-state index in [9.17, 15) is 4.79 Å². The molecule has 6 nitrogen and oxygen atoms in total. The van der Waals surface area contributed by atoms with Crippen LogP contribution in [0, 0.1) is 0 Å². The van der Waals surface area contributed by atoms with E-state index in [-0.39, 0.29) is 6.23 Å². The highest BCUT2D eigenvalue weighted by atomic mass is 28.4. The molecule has 0 aromatic carbocycles. The molecule has 0 bridgehead atoms. The van der Waals surface area contributed by atoms with Crippen LogP contribution in [0.3, 0.4) is 0 Å². The molecule has 0 aromatic rings. The van der Waals surface area contributed by atoms with Crippen molar-refractivity contribution < 1.29 is 22.8 Å². The van der Waals surface area contributed by atoms with Crippen LogP contribution >= 0.6 is 0 Å². The molecule has 0 heterocycles. The number of hydrogen-bond acceptors (Lipinski definition) is 5. The summed E-state index contributed by atoms with van der Waals surface area (Å²) in [5.41, 5.74) is 4.76. The second-order valence-corrected chi connectivity index (χ2v) is 4.78. The highest BCUT2D eigenvalue weighted by molar-refractivity contribution is 6.60. The van der Waals surface area contributed by atoms with Gasteiger partial charge in [-0.1, -0.05) is 0 Å². The minimum absolute atomic E-state index is 0.0775. The lowest BCUT2D eigenvalue weighted by molar-refractivity contribution is 0.0839. The van der Waals surface area contributed by atoms with Gasteiger partial charge in [0.15, 0.2) is 6.23 Å². The highest BCUT2D eigenvalue weighted by Crippen LogP contribution is 2.05. The summed E-state index contributed by atoms with van der Waals surface area (Å²) in [6, 6.07) is 0. The molecule has 12 heavy (non-hydrogen) atoms. The van der Waals surface area contributed by atoms with Gasteiger partial charge in [-0.2, -0.15) is 0 Å². The standard InChI is InChI=1S/C5H13NO5Si/c1-8-12(9-2,10-3)4-11-5(6)7/h4H2,1-3H3,(H2,6,7). The molecule has 0 unspecified atom stereocenters. The van der Waals surface area contributed by atoms with Crippen LogP contribution in [0.5, 0.6) is 0 Å². The molecule has 7 heteroatoms. The molecule has 1 amide bonds. The first-order valence-corrected chi connectivity index (χ1v) is 5.11. The molecule has 0 radical (unpaired) electrons.